The maximum Gasteiger partial charge on any atom is 0.136 e. The fourth-order valence-corrected chi connectivity index (χ4v) is 3.89. The number of benzene rings is 1. The summed E-state index contributed by atoms with van der Waals surface area (Å²) in [5, 5.41) is 22.4. The summed E-state index contributed by atoms with van der Waals surface area (Å²) in [4.78, 5) is 4.02. The Balaban J connectivity index is 1.81. The molecule has 25 heavy (non-hydrogen) atoms. The minimum absolute atomic E-state index is 0.0208. The largest absolute Gasteiger partial charge is 0.387 e. The number of likely N-dealkylation sites (N-methyl/N-ethyl adjacent to an activating group) is 1. The maximum atomic E-state index is 10.7. The molecule has 0 bridgehead atoms. The number of aromatic nitrogens is 2. The molecule has 0 spiro atoms. The third-order valence-corrected chi connectivity index (χ3v) is 5.22. The Bertz CT molecular complexity index is 916. The molecule has 2 atom stereocenters. The van der Waals surface area contributed by atoms with Crippen LogP contribution in [0.5, 0.6) is 0 Å². The second-order valence-corrected chi connectivity index (χ2v) is 7.32. The Morgan fingerprint density at radius 2 is 2.00 bits per heavy atom. The molecule has 4 rings (SSSR count). The van der Waals surface area contributed by atoms with Gasteiger partial charge in [-0.25, -0.2) is 5.21 Å². The fraction of sp³-hybridized carbons (Fsp3) is 0.350. The Morgan fingerprint density at radius 3 is 2.76 bits per heavy atom. The average Bonchev–Trinajstić information content (AvgIpc) is 2.87. The summed E-state index contributed by atoms with van der Waals surface area (Å²) in [5.74, 6) is 0. The molecule has 0 saturated heterocycles. The summed E-state index contributed by atoms with van der Waals surface area (Å²) in [6, 6.07) is 10.1. The third-order valence-electron chi connectivity index (χ3n) is 5.22. The molecule has 1 aliphatic heterocycles. The molecule has 1 aromatic carbocycles. The lowest BCUT2D eigenvalue weighted by molar-refractivity contribution is -1.10. The third kappa shape index (κ3) is 2.95. The highest BCUT2D eigenvalue weighted by Gasteiger charge is 2.32. The van der Waals surface area contributed by atoms with Crippen molar-refractivity contribution < 1.29 is 15.0 Å². The number of hydrogen-bond donors (Lipinski definition) is 2. The van der Waals surface area contributed by atoms with Crippen LogP contribution in [-0.2, 0) is 19.5 Å². The predicted octanol–water partition coefficient (Wildman–Crippen LogP) is 2.97. The van der Waals surface area contributed by atoms with Crippen molar-refractivity contribution in [3.63, 3.8) is 0 Å². The second kappa shape index (κ2) is 5.95. The number of aliphatic hydroxyl groups excluding tert-OH is 1. The predicted molar refractivity (Wildman–Crippen MR) is 96.1 cm³/mol. The van der Waals surface area contributed by atoms with Crippen molar-refractivity contribution in [2.45, 2.75) is 32.5 Å². The van der Waals surface area contributed by atoms with Gasteiger partial charge in [0.05, 0.1) is 19.7 Å². The summed E-state index contributed by atoms with van der Waals surface area (Å²) < 4.78 is 2.25. The average molecular weight is 338 g/mol. The van der Waals surface area contributed by atoms with Crippen molar-refractivity contribution in [3.8, 4) is 0 Å². The Morgan fingerprint density at radius 1 is 1.24 bits per heavy atom. The summed E-state index contributed by atoms with van der Waals surface area (Å²) in [6.45, 7) is 3.89. The smallest absolute Gasteiger partial charge is 0.136 e. The van der Waals surface area contributed by atoms with Crippen molar-refractivity contribution in [2.75, 3.05) is 13.6 Å². The summed E-state index contributed by atoms with van der Waals surface area (Å²) in [6.07, 6.45) is 3.64. The van der Waals surface area contributed by atoms with Gasteiger partial charge in [-0.3, -0.25) is 4.98 Å². The van der Waals surface area contributed by atoms with Crippen LogP contribution >= 0.6 is 0 Å². The van der Waals surface area contributed by atoms with E-state index in [9.17, 15) is 10.3 Å². The van der Waals surface area contributed by atoms with Gasteiger partial charge in [-0.2, -0.15) is 4.65 Å². The zero-order valence-corrected chi connectivity index (χ0v) is 14.7. The van der Waals surface area contributed by atoms with Crippen molar-refractivity contribution >= 4 is 10.9 Å². The molecule has 130 valence electrons. The van der Waals surface area contributed by atoms with Crippen LogP contribution in [0.25, 0.3) is 10.9 Å². The van der Waals surface area contributed by atoms with Gasteiger partial charge in [0, 0.05) is 41.0 Å². The zero-order valence-electron chi connectivity index (χ0n) is 14.7. The lowest BCUT2D eigenvalue weighted by atomic mass is 10.0. The summed E-state index contributed by atoms with van der Waals surface area (Å²) >= 11 is 0. The summed E-state index contributed by atoms with van der Waals surface area (Å²) in [5.41, 5.74) is 5.65. The minimum Gasteiger partial charge on any atom is -0.387 e. The molecule has 5 heteroatoms. The first-order chi connectivity index (χ1) is 11.9. The molecule has 2 unspecified atom stereocenters. The first-order valence-electron chi connectivity index (χ1n) is 8.70. The first-order valence-corrected chi connectivity index (χ1v) is 8.70. The molecule has 0 saturated carbocycles. The van der Waals surface area contributed by atoms with E-state index in [2.05, 4.69) is 34.7 Å². The molecule has 1 aliphatic rings. The van der Waals surface area contributed by atoms with Gasteiger partial charge < -0.3 is 9.67 Å². The second-order valence-electron chi connectivity index (χ2n) is 7.32. The Hall–Kier alpha value is -2.21. The molecule has 0 aliphatic carbocycles. The Kier molecular flexibility index (Phi) is 3.87. The highest BCUT2D eigenvalue weighted by atomic mass is 16.5. The molecule has 5 nitrogen and oxygen atoms in total. The van der Waals surface area contributed by atoms with Crippen LogP contribution in [0.2, 0.25) is 0 Å². The number of rotatable bonds is 3. The van der Waals surface area contributed by atoms with Crippen LogP contribution in [0.3, 0.4) is 0 Å². The van der Waals surface area contributed by atoms with Gasteiger partial charge in [-0.05, 0) is 36.8 Å². The van der Waals surface area contributed by atoms with Gasteiger partial charge in [0.2, 0.25) is 0 Å². The van der Waals surface area contributed by atoms with Gasteiger partial charge in [0.25, 0.3) is 0 Å². The van der Waals surface area contributed by atoms with Gasteiger partial charge >= 0.3 is 0 Å². The van der Waals surface area contributed by atoms with Crippen molar-refractivity contribution in [2.24, 2.45) is 0 Å². The zero-order chi connectivity index (χ0) is 17.6. The molecule has 2 N–H and O–H groups in total. The number of fused-ring (bicyclic) bond motifs is 3. The van der Waals surface area contributed by atoms with Crippen LogP contribution in [0, 0.1) is 6.92 Å². The first kappa shape index (κ1) is 16.3. The van der Waals surface area contributed by atoms with Crippen molar-refractivity contribution in [1.29, 1.82) is 0 Å². The number of aliphatic hydroxyl groups is 1. The molecule has 0 fully saturated rings. The lowest BCUT2D eigenvalue weighted by Crippen LogP contribution is -2.44. The van der Waals surface area contributed by atoms with Gasteiger partial charge in [0.1, 0.15) is 13.1 Å². The maximum absolute atomic E-state index is 10.7. The highest BCUT2D eigenvalue weighted by Crippen LogP contribution is 2.34. The minimum atomic E-state index is -0.582. The van der Waals surface area contributed by atoms with Crippen LogP contribution in [0.4, 0.5) is 0 Å². The molecular weight excluding hydrogens is 314 g/mol. The number of quaternary nitrogens is 1. The summed E-state index contributed by atoms with van der Waals surface area (Å²) in [7, 11) is 1.85. The monoisotopic (exact) mass is 338 g/mol. The highest BCUT2D eigenvalue weighted by molar-refractivity contribution is 5.86. The number of pyridine rings is 1. The van der Waals surface area contributed by atoms with Crippen molar-refractivity contribution in [1.82, 2.24) is 9.55 Å². The van der Waals surface area contributed by atoms with Gasteiger partial charge in [-0.1, -0.05) is 11.6 Å². The lowest BCUT2D eigenvalue weighted by Gasteiger charge is -2.30. The SMILES string of the molecule is Cc1ccc2c(c1)c1c(n2CC(O)c2ccncc2)CC[N+](C)(O)C1. The van der Waals surface area contributed by atoms with E-state index in [-0.39, 0.29) is 4.65 Å². The van der Waals surface area contributed by atoms with Crippen LogP contribution < -0.4 is 0 Å². The van der Waals surface area contributed by atoms with Crippen molar-refractivity contribution in [3.05, 3.63) is 65.1 Å². The number of nitrogens with zero attached hydrogens (tertiary/aromatic N) is 3. The van der Waals surface area contributed by atoms with E-state index in [4.69, 9.17) is 0 Å². The van der Waals surface area contributed by atoms with Crippen LogP contribution in [0.1, 0.15) is 28.5 Å². The normalized spacial score (nSPS) is 21.3. The van der Waals surface area contributed by atoms with Gasteiger partial charge in [0.15, 0.2) is 0 Å². The van der Waals surface area contributed by atoms with E-state index in [1.807, 2.05) is 19.2 Å². The molecule has 0 amide bonds. The number of hydroxylamine groups is 3. The quantitative estimate of drug-likeness (QED) is 0.722. The number of aryl methyl sites for hydroxylation is 1. The van der Waals surface area contributed by atoms with Crippen LogP contribution in [-0.4, -0.2) is 38.1 Å². The standard InChI is InChI=1S/C20H24N3O2/c1-14-3-4-18-16(11-14)17-13-23(2,25)10-7-19(17)22(18)12-20(24)15-5-8-21-9-6-15/h3-6,8-9,11,20,24-25H,7,10,12-13H2,1-2H3/q+1. The van der Waals surface area contributed by atoms with E-state index in [1.54, 1.807) is 12.4 Å². The molecule has 3 aromatic rings. The molecule has 3 heterocycles. The Labute approximate surface area is 147 Å². The molecule has 0 radical (unpaired) electrons. The van der Waals surface area contributed by atoms with E-state index < -0.39 is 6.10 Å². The van der Waals surface area contributed by atoms with E-state index in [0.717, 1.165) is 17.5 Å². The fourth-order valence-electron chi connectivity index (χ4n) is 3.89. The van der Waals surface area contributed by atoms with E-state index in [0.29, 0.717) is 19.6 Å². The van der Waals surface area contributed by atoms with E-state index >= 15 is 0 Å². The van der Waals surface area contributed by atoms with E-state index in [1.165, 1.54) is 22.2 Å². The number of hydrogen-bond acceptors (Lipinski definition) is 3. The van der Waals surface area contributed by atoms with Crippen LogP contribution in [0.15, 0.2) is 42.7 Å². The van der Waals surface area contributed by atoms with Gasteiger partial charge in [-0.15, -0.1) is 0 Å². The molecule has 2 aromatic heterocycles. The topological polar surface area (TPSA) is 58.3 Å². The molecular formula is C20H24N3O2+.